The number of likely N-dealkylation sites (tertiary alicyclic amines) is 1. The van der Waals surface area contributed by atoms with Gasteiger partial charge in [-0.25, -0.2) is 9.67 Å². The van der Waals surface area contributed by atoms with Crippen molar-refractivity contribution >= 4 is 5.91 Å². The summed E-state index contributed by atoms with van der Waals surface area (Å²) in [6.07, 6.45) is 4.34. The molecule has 2 aliphatic heterocycles. The fourth-order valence-electron chi connectivity index (χ4n) is 3.76. The number of nitrogens with zero attached hydrogens (tertiary/aromatic N) is 4. The molecular weight excluding hydrogens is 332 g/mol. The quantitative estimate of drug-likeness (QED) is 0.844. The van der Waals surface area contributed by atoms with Gasteiger partial charge in [0.15, 0.2) is 12.1 Å². The monoisotopic (exact) mass is 356 g/mol. The number of aromatic nitrogens is 3. The molecule has 0 spiro atoms. The van der Waals surface area contributed by atoms with Crippen LogP contribution in [0.3, 0.4) is 0 Å². The second-order valence-corrected chi connectivity index (χ2v) is 6.92. The third-order valence-electron chi connectivity index (χ3n) is 4.99. The summed E-state index contributed by atoms with van der Waals surface area (Å²) in [5.41, 5.74) is 2.54. The van der Waals surface area contributed by atoms with E-state index < -0.39 is 0 Å². The molecule has 7 nitrogen and oxygen atoms in total. The van der Waals surface area contributed by atoms with E-state index in [1.54, 1.807) is 10.9 Å². The number of rotatable bonds is 3. The molecule has 4 heterocycles. The third kappa shape index (κ3) is 3.24. The molecule has 1 unspecified atom stereocenters. The summed E-state index contributed by atoms with van der Waals surface area (Å²) in [5, 5.41) is 4.43. The summed E-state index contributed by atoms with van der Waals surface area (Å²) in [6.45, 7) is 5.86. The molecule has 1 atom stereocenters. The predicted molar refractivity (Wildman–Crippen MR) is 95.2 cm³/mol. The highest BCUT2D eigenvalue weighted by Crippen LogP contribution is 2.26. The maximum Gasteiger partial charge on any atom is 0.255 e. The molecule has 2 saturated heterocycles. The summed E-state index contributed by atoms with van der Waals surface area (Å²) < 4.78 is 13.1. The van der Waals surface area contributed by atoms with Gasteiger partial charge in [0.2, 0.25) is 0 Å². The van der Waals surface area contributed by atoms with Crippen LogP contribution >= 0.6 is 0 Å². The van der Waals surface area contributed by atoms with Gasteiger partial charge in [0.05, 0.1) is 30.5 Å². The molecule has 4 rings (SSSR count). The molecule has 0 saturated carbocycles. The molecule has 138 valence electrons. The average Bonchev–Trinajstić information content (AvgIpc) is 3.31. The van der Waals surface area contributed by atoms with Gasteiger partial charge >= 0.3 is 0 Å². The van der Waals surface area contributed by atoms with Crippen LogP contribution in [0.4, 0.5) is 0 Å². The number of ether oxygens (including phenoxy) is 2. The number of amides is 1. The van der Waals surface area contributed by atoms with Crippen LogP contribution in [0.5, 0.6) is 0 Å². The second kappa shape index (κ2) is 7.17. The molecular formula is C19H24N4O3. The lowest BCUT2D eigenvalue weighted by atomic mass is 10.0. The molecule has 2 aliphatic rings. The number of aryl methyl sites for hydroxylation is 2. The zero-order valence-corrected chi connectivity index (χ0v) is 15.2. The van der Waals surface area contributed by atoms with E-state index in [4.69, 9.17) is 9.47 Å². The van der Waals surface area contributed by atoms with Crippen LogP contribution in [0.1, 0.15) is 41.0 Å². The number of piperidine rings is 1. The van der Waals surface area contributed by atoms with Crippen molar-refractivity contribution in [3.8, 4) is 5.82 Å². The standard InChI is InChI=1S/C19H24N4O3/c1-13-11-14(2)23(21-13)17-7-6-15(12-20-17)18(24)22-8-4-3-5-16(22)19-25-9-10-26-19/h6-7,11-12,16,19H,3-5,8-10H2,1-2H3. The smallest absolute Gasteiger partial charge is 0.255 e. The first-order chi connectivity index (χ1) is 12.6. The minimum Gasteiger partial charge on any atom is -0.348 e. The van der Waals surface area contributed by atoms with Crippen LogP contribution < -0.4 is 0 Å². The lowest BCUT2D eigenvalue weighted by Crippen LogP contribution is -2.50. The minimum atomic E-state index is -0.304. The molecule has 0 aliphatic carbocycles. The third-order valence-corrected chi connectivity index (χ3v) is 4.99. The molecule has 7 heteroatoms. The van der Waals surface area contributed by atoms with Gasteiger partial charge in [-0.3, -0.25) is 4.79 Å². The van der Waals surface area contributed by atoms with Crippen molar-refractivity contribution in [1.82, 2.24) is 19.7 Å². The largest absolute Gasteiger partial charge is 0.348 e. The Morgan fingerprint density at radius 2 is 2.00 bits per heavy atom. The molecule has 1 amide bonds. The maximum atomic E-state index is 13.0. The number of carbonyl (C=O) groups is 1. The molecule has 0 bridgehead atoms. The number of hydrogen-bond donors (Lipinski definition) is 0. The fraction of sp³-hybridized carbons (Fsp3) is 0.526. The lowest BCUT2D eigenvalue weighted by molar-refractivity contribution is -0.100. The number of carbonyl (C=O) groups excluding carboxylic acids is 1. The van der Waals surface area contributed by atoms with E-state index in [1.807, 2.05) is 36.9 Å². The maximum absolute atomic E-state index is 13.0. The zero-order chi connectivity index (χ0) is 18.1. The summed E-state index contributed by atoms with van der Waals surface area (Å²) in [7, 11) is 0. The average molecular weight is 356 g/mol. The van der Waals surface area contributed by atoms with Gasteiger partial charge in [-0.05, 0) is 51.3 Å². The fourth-order valence-corrected chi connectivity index (χ4v) is 3.76. The van der Waals surface area contributed by atoms with Crippen LogP contribution in [-0.4, -0.2) is 57.7 Å². The highest BCUT2D eigenvalue weighted by molar-refractivity contribution is 5.94. The Labute approximate surface area is 152 Å². The Bertz CT molecular complexity index is 781. The molecule has 0 radical (unpaired) electrons. The van der Waals surface area contributed by atoms with Gasteiger partial charge in [-0.15, -0.1) is 0 Å². The topological polar surface area (TPSA) is 69.5 Å². The zero-order valence-electron chi connectivity index (χ0n) is 15.2. The van der Waals surface area contributed by atoms with Gasteiger partial charge < -0.3 is 14.4 Å². The van der Waals surface area contributed by atoms with Gasteiger partial charge in [0.25, 0.3) is 5.91 Å². The Kier molecular flexibility index (Phi) is 4.74. The van der Waals surface area contributed by atoms with Crippen LogP contribution in [0.2, 0.25) is 0 Å². The van der Waals surface area contributed by atoms with E-state index in [9.17, 15) is 4.79 Å². The van der Waals surface area contributed by atoms with Crippen molar-refractivity contribution in [2.75, 3.05) is 19.8 Å². The summed E-state index contributed by atoms with van der Waals surface area (Å²) in [5.74, 6) is 0.700. The highest BCUT2D eigenvalue weighted by atomic mass is 16.7. The Morgan fingerprint density at radius 1 is 1.19 bits per heavy atom. The highest BCUT2D eigenvalue weighted by Gasteiger charge is 2.36. The van der Waals surface area contributed by atoms with E-state index >= 15 is 0 Å². The van der Waals surface area contributed by atoms with Crippen molar-refractivity contribution in [3.05, 3.63) is 41.3 Å². The van der Waals surface area contributed by atoms with Crippen molar-refractivity contribution in [1.29, 1.82) is 0 Å². The number of pyridine rings is 1. The van der Waals surface area contributed by atoms with E-state index in [-0.39, 0.29) is 18.2 Å². The molecule has 2 fully saturated rings. The van der Waals surface area contributed by atoms with Gasteiger partial charge in [0, 0.05) is 18.4 Å². The number of hydrogen-bond acceptors (Lipinski definition) is 5. The summed E-state index contributed by atoms with van der Waals surface area (Å²) >= 11 is 0. The predicted octanol–water partition coefficient (Wildman–Crippen LogP) is 2.25. The van der Waals surface area contributed by atoms with E-state index in [2.05, 4.69) is 10.1 Å². The first kappa shape index (κ1) is 17.2. The Hall–Kier alpha value is -2.25. The summed E-state index contributed by atoms with van der Waals surface area (Å²) in [4.78, 5) is 19.4. The molecule has 2 aromatic heterocycles. The van der Waals surface area contributed by atoms with Crippen molar-refractivity contribution in [2.24, 2.45) is 0 Å². The first-order valence-corrected chi connectivity index (χ1v) is 9.17. The second-order valence-electron chi connectivity index (χ2n) is 6.92. The van der Waals surface area contributed by atoms with Crippen molar-refractivity contribution < 1.29 is 14.3 Å². The van der Waals surface area contributed by atoms with Crippen LogP contribution in [0, 0.1) is 13.8 Å². The van der Waals surface area contributed by atoms with E-state index in [1.165, 1.54) is 0 Å². The van der Waals surface area contributed by atoms with Crippen LogP contribution in [0.25, 0.3) is 5.82 Å². The summed E-state index contributed by atoms with van der Waals surface area (Å²) in [6, 6.07) is 5.65. The normalized spacial score (nSPS) is 21.3. The SMILES string of the molecule is Cc1cc(C)n(-c2ccc(C(=O)N3CCCCC3C3OCCO3)cn2)n1. The van der Waals surface area contributed by atoms with Gasteiger partial charge in [-0.2, -0.15) is 5.10 Å². The van der Waals surface area contributed by atoms with E-state index in [0.717, 1.165) is 37.2 Å². The van der Waals surface area contributed by atoms with E-state index in [0.29, 0.717) is 24.6 Å². The molecule has 0 N–H and O–H groups in total. The molecule has 0 aromatic carbocycles. The molecule has 2 aromatic rings. The van der Waals surface area contributed by atoms with Crippen LogP contribution in [0.15, 0.2) is 24.4 Å². The lowest BCUT2D eigenvalue weighted by Gasteiger charge is -2.38. The molecule has 26 heavy (non-hydrogen) atoms. The van der Waals surface area contributed by atoms with Crippen molar-refractivity contribution in [3.63, 3.8) is 0 Å². The first-order valence-electron chi connectivity index (χ1n) is 9.17. The van der Waals surface area contributed by atoms with Gasteiger partial charge in [-0.1, -0.05) is 0 Å². The van der Waals surface area contributed by atoms with Crippen molar-refractivity contribution in [2.45, 2.75) is 45.4 Å². The Balaban J connectivity index is 1.54. The van der Waals surface area contributed by atoms with Gasteiger partial charge in [0.1, 0.15) is 0 Å². The Morgan fingerprint density at radius 3 is 2.65 bits per heavy atom. The minimum absolute atomic E-state index is 0.0128. The van der Waals surface area contributed by atoms with Crippen LogP contribution in [-0.2, 0) is 9.47 Å².